The monoisotopic (exact) mass is 307 g/mol. The van der Waals surface area contributed by atoms with Crippen molar-refractivity contribution in [3.8, 4) is 0 Å². The molecule has 0 fully saturated rings. The van der Waals surface area contributed by atoms with Crippen LogP contribution in [0.15, 0.2) is 12.3 Å². The normalized spacial score (nSPS) is 13.5. The first-order valence-electron chi connectivity index (χ1n) is 7.12. The molecule has 1 rings (SSSR count). The van der Waals surface area contributed by atoms with E-state index in [-0.39, 0.29) is 10.9 Å². The van der Waals surface area contributed by atoms with Crippen LogP contribution in [0.1, 0.15) is 69.5 Å². The van der Waals surface area contributed by atoms with Gasteiger partial charge in [-0.25, -0.2) is 0 Å². The fourth-order valence-electron chi connectivity index (χ4n) is 2.26. The van der Waals surface area contributed by atoms with Gasteiger partial charge in [0, 0.05) is 12.1 Å². The van der Waals surface area contributed by atoms with E-state index in [0.717, 1.165) is 44.4 Å². The van der Waals surface area contributed by atoms with E-state index in [4.69, 9.17) is 11.6 Å². The minimum absolute atomic E-state index is 0.127. The van der Waals surface area contributed by atoms with Gasteiger partial charge in [0.2, 0.25) is 0 Å². The number of rotatable bonds is 7. The summed E-state index contributed by atoms with van der Waals surface area (Å²) in [4.78, 5) is 3.96. The van der Waals surface area contributed by atoms with Gasteiger partial charge in [-0.1, -0.05) is 51.1 Å². The van der Waals surface area contributed by atoms with Crippen LogP contribution in [0.25, 0.3) is 0 Å². The first kappa shape index (κ1) is 17.3. The summed E-state index contributed by atoms with van der Waals surface area (Å²) >= 11 is 5.99. The van der Waals surface area contributed by atoms with Gasteiger partial charge >= 0.3 is 6.18 Å². The average Bonchev–Trinajstić information content (AvgIpc) is 2.38. The average molecular weight is 308 g/mol. The summed E-state index contributed by atoms with van der Waals surface area (Å²) in [5.74, 6) is 0.140. The third-order valence-corrected chi connectivity index (χ3v) is 3.79. The quantitative estimate of drug-likeness (QED) is 0.545. The molecule has 1 atom stereocenters. The summed E-state index contributed by atoms with van der Waals surface area (Å²) in [6.07, 6.45) is 2.81. The number of unbranched alkanes of at least 4 members (excludes halogenated alkanes) is 3. The van der Waals surface area contributed by atoms with Crippen LogP contribution in [0.5, 0.6) is 0 Å². The van der Waals surface area contributed by atoms with Crippen molar-refractivity contribution in [3.63, 3.8) is 0 Å². The minimum Gasteiger partial charge on any atom is -0.259 e. The van der Waals surface area contributed by atoms with Crippen molar-refractivity contribution >= 4 is 11.6 Å². The molecule has 0 radical (unpaired) electrons. The molecule has 0 bridgehead atoms. The van der Waals surface area contributed by atoms with Crippen molar-refractivity contribution in [1.82, 2.24) is 4.98 Å². The second-order valence-corrected chi connectivity index (χ2v) is 5.45. The molecule has 1 nitrogen and oxygen atoms in total. The van der Waals surface area contributed by atoms with Crippen LogP contribution in [0.2, 0.25) is 5.02 Å². The predicted octanol–water partition coefficient (Wildman–Crippen LogP) is 6.22. The number of hydrogen-bond donors (Lipinski definition) is 0. The molecular formula is C15H21ClF3N. The van der Waals surface area contributed by atoms with Gasteiger partial charge in [0.25, 0.3) is 0 Å². The lowest BCUT2D eigenvalue weighted by Gasteiger charge is -2.17. The maximum Gasteiger partial charge on any atom is 0.417 e. The molecule has 5 heteroatoms. The van der Waals surface area contributed by atoms with E-state index >= 15 is 0 Å². The van der Waals surface area contributed by atoms with Crippen LogP contribution in [0.4, 0.5) is 13.2 Å². The molecule has 20 heavy (non-hydrogen) atoms. The molecule has 0 N–H and O–H groups in total. The molecule has 0 saturated heterocycles. The molecule has 1 unspecified atom stereocenters. The SMILES string of the molecule is CCCCCCC(CC)c1ncc(C(F)(F)F)cc1Cl. The van der Waals surface area contributed by atoms with Gasteiger partial charge in [0.15, 0.2) is 0 Å². The molecule has 1 aromatic rings. The molecule has 114 valence electrons. The number of aromatic nitrogens is 1. The number of pyridine rings is 1. The summed E-state index contributed by atoms with van der Waals surface area (Å²) < 4.78 is 37.7. The molecule has 0 aromatic carbocycles. The Kier molecular flexibility index (Phi) is 6.80. The Morgan fingerprint density at radius 1 is 1.20 bits per heavy atom. The summed E-state index contributed by atoms with van der Waals surface area (Å²) in [6.45, 7) is 4.16. The van der Waals surface area contributed by atoms with Crippen LogP contribution >= 0.6 is 11.6 Å². The number of hydrogen-bond acceptors (Lipinski definition) is 1. The molecule has 0 amide bonds. The smallest absolute Gasteiger partial charge is 0.259 e. The highest BCUT2D eigenvalue weighted by Gasteiger charge is 2.32. The zero-order chi connectivity index (χ0) is 15.2. The molecule has 0 aliphatic heterocycles. The summed E-state index contributed by atoms with van der Waals surface area (Å²) in [6, 6.07) is 0.985. The van der Waals surface area contributed by atoms with Crippen molar-refractivity contribution in [1.29, 1.82) is 0 Å². The first-order valence-corrected chi connectivity index (χ1v) is 7.50. The highest BCUT2D eigenvalue weighted by molar-refractivity contribution is 6.31. The summed E-state index contributed by atoms with van der Waals surface area (Å²) in [5, 5.41) is 0.127. The molecule has 0 aliphatic rings. The van der Waals surface area contributed by atoms with Gasteiger partial charge in [-0.3, -0.25) is 4.98 Å². The molecule has 1 aromatic heterocycles. The Balaban J connectivity index is 2.78. The summed E-state index contributed by atoms with van der Waals surface area (Å²) in [5.41, 5.74) is -0.189. The Bertz CT molecular complexity index is 418. The fraction of sp³-hybridized carbons (Fsp3) is 0.667. The van der Waals surface area contributed by atoms with E-state index < -0.39 is 11.7 Å². The Labute approximate surface area is 123 Å². The first-order chi connectivity index (χ1) is 9.40. The van der Waals surface area contributed by atoms with Crippen LogP contribution in [0.3, 0.4) is 0 Å². The maximum absolute atomic E-state index is 12.6. The zero-order valence-electron chi connectivity index (χ0n) is 11.9. The molecular weight excluding hydrogens is 287 g/mol. The van der Waals surface area contributed by atoms with Crippen molar-refractivity contribution < 1.29 is 13.2 Å². The number of alkyl halides is 3. The second kappa shape index (κ2) is 7.87. The predicted molar refractivity (Wildman–Crippen MR) is 76.0 cm³/mol. The van der Waals surface area contributed by atoms with E-state index in [1.165, 1.54) is 6.42 Å². The van der Waals surface area contributed by atoms with E-state index in [1.54, 1.807) is 0 Å². The number of halogens is 4. The highest BCUT2D eigenvalue weighted by Crippen LogP contribution is 2.35. The van der Waals surface area contributed by atoms with Crippen molar-refractivity contribution in [2.45, 2.75) is 64.5 Å². The van der Waals surface area contributed by atoms with Crippen LogP contribution < -0.4 is 0 Å². The minimum atomic E-state index is -4.39. The second-order valence-electron chi connectivity index (χ2n) is 5.04. The lowest BCUT2D eigenvalue weighted by molar-refractivity contribution is -0.137. The molecule has 1 heterocycles. The van der Waals surface area contributed by atoms with Gasteiger partial charge in [0.1, 0.15) is 0 Å². The van der Waals surface area contributed by atoms with Gasteiger partial charge in [0.05, 0.1) is 16.3 Å². The molecule has 0 spiro atoms. The van der Waals surface area contributed by atoms with Crippen molar-refractivity contribution in [2.75, 3.05) is 0 Å². The largest absolute Gasteiger partial charge is 0.417 e. The Morgan fingerprint density at radius 3 is 2.40 bits per heavy atom. The topological polar surface area (TPSA) is 12.9 Å². The Morgan fingerprint density at radius 2 is 1.90 bits per heavy atom. The van der Waals surface area contributed by atoms with E-state index in [9.17, 15) is 13.2 Å². The molecule has 0 aliphatic carbocycles. The van der Waals surface area contributed by atoms with Crippen molar-refractivity contribution in [2.24, 2.45) is 0 Å². The Hall–Kier alpha value is -0.770. The van der Waals surface area contributed by atoms with Crippen LogP contribution in [0, 0.1) is 0 Å². The van der Waals surface area contributed by atoms with E-state index in [0.29, 0.717) is 5.69 Å². The standard InChI is InChI=1S/C15H21ClF3N/c1-3-5-6-7-8-11(4-2)14-13(16)9-12(10-20-14)15(17,18)19/h9-11H,3-8H2,1-2H3. The summed E-state index contributed by atoms with van der Waals surface area (Å²) in [7, 11) is 0. The molecule has 0 saturated carbocycles. The zero-order valence-corrected chi connectivity index (χ0v) is 12.7. The lowest BCUT2D eigenvalue weighted by Crippen LogP contribution is -2.08. The van der Waals surface area contributed by atoms with Gasteiger partial charge in [-0.2, -0.15) is 13.2 Å². The number of nitrogens with zero attached hydrogens (tertiary/aromatic N) is 1. The van der Waals surface area contributed by atoms with Gasteiger partial charge < -0.3 is 0 Å². The van der Waals surface area contributed by atoms with E-state index in [2.05, 4.69) is 11.9 Å². The van der Waals surface area contributed by atoms with Crippen molar-refractivity contribution in [3.05, 3.63) is 28.5 Å². The maximum atomic E-state index is 12.6. The van der Waals surface area contributed by atoms with Gasteiger partial charge in [-0.15, -0.1) is 0 Å². The third-order valence-electron chi connectivity index (χ3n) is 3.48. The highest BCUT2D eigenvalue weighted by atomic mass is 35.5. The van der Waals surface area contributed by atoms with Gasteiger partial charge in [-0.05, 0) is 18.9 Å². The van der Waals surface area contributed by atoms with Crippen LogP contribution in [-0.2, 0) is 6.18 Å². The van der Waals surface area contributed by atoms with Crippen LogP contribution in [-0.4, -0.2) is 4.98 Å². The fourth-order valence-corrected chi connectivity index (χ4v) is 2.58. The third kappa shape index (κ3) is 4.97. The van der Waals surface area contributed by atoms with E-state index in [1.807, 2.05) is 6.92 Å². The lowest BCUT2D eigenvalue weighted by atomic mass is 9.94.